The fourth-order valence-electron chi connectivity index (χ4n) is 1.25. The molecular weight excluding hydrogens is 195 g/mol. The molecule has 5 heteroatoms. The number of furan rings is 1. The zero-order valence-electron chi connectivity index (χ0n) is 7.55. The number of rotatable bonds is 4. The van der Waals surface area contributed by atoms with Crippen molar-refractivity contribution in [3.63, 3.8) is 0 Å². The minimum atomic E-state index is -4.20. The second-order valence-corrected chi connectivity index (χ2v) is 3.10. The van der Waals surface area contributed by atoms with Crippen LogP contribution in [0.5, 0.6) is 0 Å². The Kier molecular flexibility index (Phi) is 3.57. The molecule has 1 unspecified atom stereocenters. The fraction of sp³-hybridized carbons (Fsp3) is 0.556. The van der Waals surface area contributed by atoms with E-state index in [9.17, 15) is 13.2 Å². The SMILES string of the molecule is NCCC(Cc1ccco1)C(F)(F)F. The molecule has 80 valence electrons. The second-order valence-electron chi connectivity index (χ2n) is 3.10. The predicted molar refractivity (Wildman–Crippen MR) is 45.6 cm³/mol. The summed E-state index contributed by atoms with van der Waals surface area (Å²) >= 11 is 0. The lowest BCUT2D eigenvalue weighted by molar-refractivity contribution is -0.176. The summed E-state index contributed by atoms with van der Waals surface area (Å²) in [5.41, 5.74) is 5.12. The Labute approximate surface area is 79.9 Å². The summed E-state index contributed by atoms with van der Waals surface area (Å²) in [7, 11) is 0. The van der Waals surface area contributed by atoms with Gasteiger partial charge in [0.2, 0.25) is 0 Å². The largest absolute Gasteiger partial charge is 0.469 e. The number of alkyl halides is 3. The number of hydrogen-bond donors (Lipinski definition) is 1. The minimum absolute atomic E-state index is 0.0326. The van der Waals surface area contributed by atoms with E-state index in [1.165, 1.54) is 12.3 Å². The Morgan fingerprint density at radius 1 is 1.43 bits per heavy atom. The smallest absolute Gasteiger partial charge is 0.392 e. The molecule has 0 saturated heterocycles. The molecule has 1 aromatic rings. The van der Waals surface area contributed by atoms with Crippen LogP contribution in [0, 0.1) is 5.92 Å². The molecule has 0 fully saturated rings. The first-order chi connectivity index (χ1) is 6.54. The molecule has 1 heterocycles. The van der Waals surface area contributed by atoms with E-state index in [0.29, 0.717) is 5.76 Å². The van der Waals surface area contributed by atoms with Crippen molar-refractivity contribution in [2.75, 3.05) is 6.54 Å². The average molecular weight is 207 g/mol. The van der Waals surface area contributed by atoms with Crippen LogP contribution in [0.25, 0.3) is 0 Å². The van der Waals surface area contributed by atoms with Crippen molar-refractivity contribution in [1.29, 1.82) is 0 Å². The van der Waals surface area contributed by atoms with Crippen LogP contribution in [0.2, 0.25) is 0 Å². The van der Waals surface area contributed by atoms with Crippen molar-refractivity contribution < 1.29 is 17.6 Å². The van der Waals surface area contributed by atoms with Gasteiger partial charge in [-0.15, -0.1) is 0 Å². The minimum Gasteiger partial charge on any atom is -0.469 e. The second kappa shape index (κ2) is 4.50. The molecule has 2 N–H and O–H groups in total. The van der Waals surface area contributed by atoms with Gasteiger partial charge in [0.25, 0.3) is 0 Å². The van der Waals surface area contributed by atoms with Crippen LogP contribution >= 0.6 is 0 Å². The summed E-state index contributed by atoms with van der Waals surface area (Å²) in [5.74, 6) is -1.06. The molecule has 2 nitrogen and oxygen atoms in total. The Hall–Kier alpha value is -0.970. The van der Waals surface area contributed by atoms with E-state index >= 15 is 0 Å². The van der Waals surface area contributed by atoms with E-state index in [1.54, 1.807) is 6.07 Å². The average Bonchev–Trinajstić information content (AvgIpc) is 2.54. The monoisotopic (exact) mass is 207 g/mol. The van der Waals surface area contributed by atoms with E-state index in [0.717, 1.165) is 0 Å². The van der Waals surface area contributed by atoms with E-state index in [1.807, 2.05) is 0 Å². The summed E-state index contributed by atoms with van der Waals surface area (Å²) in [4.78, 5) is 0. The Bertz CT molecular complexity index is 256. The summed E-state index contributed by atoms with van der Waals surface area (Å²) in [6.45, 7) is 0.0326. The van der Waals surface area contributed by atoms with Crippen LogP contribution < -0.4 is 5.73 Å². The molecular formula is C9H12F3NO. The van der Waals surface area contributed by atoms with Gasteiger partial charge in [0.15, 0.2) is 0 Å². The number of nitrogens with two attached hydrogens (primary N) is 1. The van der Waals surface area contributed by atoms with Crippen LogP contribution in [0.3, 0.4) is 0 Å². The topological polar surface area (TPSA) is 39.2 Å². The highest BCUT2D eigenvalue weighted by molar-refractivity contribution is 5.00. The third-order valence-corrected chi connectivity index (χ3v) is 2.01. The lowest BCUT2D eigenvalue weighted by Crippen LogP contribution is -2.27. The van der Waals surface area contributed by atoms with Crippen LogP contribution in [0.15, 0.2) is 22.8 Å². The van der Waals surface area contributed by atoms with Gasteiger partial charge in [-0.25, -0.2) is 0 Å². The molecule has 0 aliphatic heterocycles. The lowest BCUT2D eigenvalue weighted by atomic mass is 9.99. The van der Waals surface area contributed by atoms with Gasteiger partial charge in [-0.2, -0.15) is 13.2 Å². The normalized spacial score (nSPS) is 14.3. The summed E-state index contributed by atoms with van der Waals surface area (Å²) in [6.07, 6.45) is -3.03. The molecule has 0 bridgehead atoms. The molecule has 14 heavy (non-hydrogen) atoms. The predicted octanol–water partition coefficient (Wildman–Crippen LogP) is 2.35. The van der Waals surface area contributed by atoms with Gasteiger partial charge in [-0.1, -0.05) is 0 Å². The quantitative estimate of drug-likeness (QED) is 0.823. The van der Waals surface area contributed by atoms with Gasteiger partial charge in [0.05, 0.1) is 12.2 Å². The van der Waals surface area contributed by atoms with E-state index in [2.05, 4.69) is 0 Å². The summed E-state index contributed by atoms with van der Waals surface area (Å²) < 4.78 is 42.1. The third-order valence-electron chi connectivity index (χ3n) is 2.01. The molecule has 0 saturated carbocycles. The number of hydrogen-bond acceptors (Lipinski definition) is 2. The highest BCUT2D eigenvalue weighted by Gasteiger charge is 2.39. The van der Waals surface area contributed by atoms with Crippen molar-refractivity contribution in [2.24, 2.45) is 11.7 Å². The van der Waals surface area contributed by atoms with Crippen LogP contribution in [-0.4, -0.2) is 12.7 Å². The molecule has 1 rings (SSSR count). The van der Waals surface area contributed by atoms with Crippen LogP contribution in [-0.2, 0) is 6.42 Å². The van der Waals surface area contributed by atoms with Crippen LogP contribution in [0.4, 0.5) is 13.2 Å². The van der Waals surface area contributed by atoms with Gasteiger partial charge < -0.3 is 10.2 Å². The molecule has 0 aromatic carbocycles. The Morgan fingerprint density at radius 3 is 2.57 bits per heavy atom. The lowest BCUT2D eigenvalue weighted by Gasteiger charge is -2.18. The van der Waals surface area contributed by atoms with E-state index in [-0.39, 0.29) is 19.4 Å². The maximum Gasteiger partial charge on any atom is 0.392 e. The zero-order valence-corrected chi connectivity index (χ0v) is 7.55. The summed E-state index contributed by atoms with van der Waals surface area (Å²) in [5, 5.41) is 0. The molecule has 1 aromatic heterocycles. The standard InChI is InChI=1S/C9H12F3NO/c10-9(11,12)7(3-4-13)6-8-2-1-5-14-8/h1-2,5,7H,3-4,6,13H2. The fourth-order valence-corrected chi connectivity index (χ4v) is 1.25. The van der Waals surface area contributed by atoms with Gasteiger partial charge in [-0.05, 0) is 25.1 Å². The van der Waals surface area contributed by atoms with E-state index in [4.69, 9.17) is 10.2 Å². The number of halogens is 3. The maximum atomic E-state index is 12.4. The molecule has 0 spiro atoms. The first-order valence-electron chi connectivity index (χ1n) is 4.33. The van der Waals surface area contributed by atoms with Crippen molar-refractivity contribution in [3.05, 3.63) is 24.2 Å². The third kappa shape index (κ3) is 3.06. The zero-order chi connectivity index (χ0) is 10.6. The Balaban J connectivity index is 2.60. The van der Waals surface area contributed by atoms with Gasteiger partial charge in [-0.3, -0.25) is 0 Å². The Morgan fingerprint density at radius 2 is 2.14 bits per heavy atom. The van der Waals surface area contributed by atoms with Crippen molar-refractivity contribution >= 4 is 0 Å². The maximum absolute atomic E-state index is 12.4. The van der Waals surface area contributed by atoms with Gasteiger partial charge in [0.1, 0.15) is 5.76 Å². The highest BCUT2D eigenvalue weighted by Crippen LogP contribution is 2.31. The first kappa shape index (κ1) is 11.1. The van der Waals surface area contributed by atoms with Crippen molar-refractivity contribution in [3.8, 4) is 0 Å². The first-order valence-corrected chi connectivity index (χ1v) is 4.33. The van der Waals surface area contributed by atoms with Crippen molar-refractivity contribution in [2.45, 2.75) is 19.0 Å². The molecule has 0 amide bonds. The van der Waals surface area contributed by atoms with Crippen LogP contribution in [0.1, 0.15) is 12.2 Å². The van der Waals surface area contributed by atoms with E-state index < -0.39 is 12.1 Å². The molecule has 1 atom stereocenters. The molecule has 0 aliphatic rings. The molecule has 0 radical (unpaired) electrons. The van der Waals surface area contributed by atoms with Gasteiger partial charge >= 0.3 is 6.18 Å². The van der Waals surface area contributed by atoms with Crippen molar-refractivity contribution in [1.82, 2.24) is 0 Å². The molecule has 0 aliphatic carbocycles. The summed E-state index contributed by atoms with van der Waals surface area (Å²) in [6, 6.07) is 3.11. The van der Waals surface area contributed by atoms with Gasteiger partial charge in [0, 0.05) is 6.42 Å². The highest BCUT2D eigenvalue weighted by atomic mass is 19.4.